The second kappa shape index (κ2) is 13.6. The Morgan fingerprint density at radius 1 is 0.789 bits per heavy atom. The molecular formula is C11H27NO5P2. The highest BCUT2D eigenvalue weighted by atomic mass is 31.1. The number of rotatable bonds is 13. The van der Waals surface area contributed by atoms with E-state index in [-0.39, 0.29) is 25.4 Å². The lowest BCUT2D eigenvalue weighted by molar-refractivity contribution is 0.154. The maximum atomic E-state index is 9.07. The fraction of sp³-hybridized carbons (Fsp3) is 1.00. The van der Waals surface area contributed by atoms with Gasteiger partial charge in [-0.25, -0.2) is 0 Å². The SMILES string of the molecule is COCCN(CCP(CO)CO)CCP(CO)CO. The lowest BCUT2D eigenvalue weighted by Gasteiger charge is -2.25. The third-order valence-corrected chi connectivity index (χ3v) is 6.14. The molecule has 6 nitrogen and oxygen atoms in total. The summed E-state index contributed by atoms with van der Waals surface area (Å²) in [5.74, 6) is 0. The minimum Gasteiger partial charge on any atom is -0.392 e. The van der Waals surface area contributed by atoms with E-state index in [9.17, 15) is 0 Å². The van der Waals surface area contributed by atoms with Gasteiger partial charge in [0.05, 0.1) is 32.0 Å². The minimum atomic E-state index is -0.702. The van der Waals surface area contributed by atoms with Crippen molar-refractivity contribution in [3.05, 3.63) is 0 Å². The van der Waals surface area contributed by atoms with Crippen molar-refractivity contribution in [2.75, 3.05) is 71.1 Å². The lowest BCUT2D eigenvalue weighted by Crippen LogP contribution is -2.32. The average Bonchev–Trinajstić information content (AvgIpc) is 2.45. The molecular weight excluding hydrogens is 288 g/mol. The third-order valence-electron chi connectivity index (χ3n) is 2.88. The number of aliphatic hydroxyl groups excluding tert-OH is 4. The molecule has 0 heterocycles. The van der Waals surface area contributed by atoms with Crippen LogP contribution in [0.15, 0.2) is 0 Å². The summed E-state index contributed by atoms with van der Waals surface area (Å²) in [6.45, 7) is 3.02. The molecule has 0 saturated heterocycles. The van der Waals surface area contributed by atoms with Gasteiger partial charge < -0.3 is 30.1 Å². The van der Waals surface area contributed by atoms with Crippen molar-refractivity contribution in [1.29, 1.82) is 0 Å². The first-order valence-corrected chi connectivity index (χ1v) is 10.1. The van der Waals surface area contributed by atoms with Crippen LogP contribution < -0.4 is 0 Å². The normalized spacial score (nSPS) is 12.0. The van der Waals surface area contributed by atoms with Gasteiger partial charge in [0, 0.05) is 26.7 Å². The molecule has 116 valence electrons. The maximum Gasteiger partial charge on any atom is 0.0647 e. The van der Waals surface area contributed by atoms with Gasteiger partial charge in [-0.05, 0) is 12.3 Å². The molecule has 0 aromatic heterocycles. The van der Waals surface area contributed by atoms with E-state index >= 15 is 0 Å². The van der Waals surface area contributed by atoms with Crippen molar-refractivity contribution in [3.8, 4) is 0 Å². The summed E-state index contributed by atoms with van der Waals surface area (Å²) in [4.78, 5) is 2.20. The molecule has 0 aromatic carbocycles. The van der Waals surface area contributed by atoms with Gasteiger partial charge in [-0.1, -0.05) is 15.8 Å². The van der Waals surface area contributed by atoms with Gasteiger partial charge in [0.1, 0.15) is 0 Å². The van der Waals surface area contributed by atoms with E-state index in [4.69, 9.17) is 25.2 Å². The molecule has 0 aliphatic carbocycles. The molecule has 0 unspecified atom stereocenters. The Morgan fingerprint density at radius 3 is 1.53 bits per heavy atom. The Hall–Kier alpha value is 0.620. The molecule has 0 aliphatic heterocycles. The van der Waals surface area contributed by atoms with Gasteiger partial charge >= 0.3 is 0 Å². The van der Waals surface area contributed by atoms with Crippen LogP contribution in [0.4, 0.5) is 0 Å². The largest absolute Gasteiger partial charge is 0.392 e. The average molecular weight is 315 g/mol. The zero-order valence-electron chi connectivity index (χ0n) is 11.6. The van der Waals surface area contributed by atoms with E-state index in [0.29, 0.717) is 6.61 Å². The summed E-state index contributed by atoms with van der Waals surface area (Å²) < 4.78 is 5.06. The lowest BCUT2D eigenvalue weighted by atomic mass is 10.5. The first kappa shape index (κ1) is 19.6. The van der Waals surface area contributed by atoms with Crippen LogP contribution in [0, 0.1) is 0 Å². The zero-order valence-corrected chi connectivity index (χ0v) is 13.4. The Labute approximate surface area is 117 Å². The topological polar surface area (TPSA) is 93.4 Å². The summed E-state index contributed by atoms with van der Waals surface area (Å²) in [5, 5.41) is 36.3. The summed E-state index contributed by atoms with van der Waals surface area (Å²) in [5.41, 5.74) is 0. The van der Waals surface area contributed by atoms with Crippen LogP contribution in [0.1, 0.15) is 0 Å². The van der Waals surface area contributed by atoms with Gasteiger partial charge in [-0.15, -0.1) is 0 Å². The highest BCUT2D eigenvalue weighted by molar-refractivity contribution is 7.57. The van der Waals surface area contributed by atoms with E-state index < -0.39 is 15.8 Å². The molecule has 0 spiro atoms. The number of methoxy groups -OCH3 is 1. The summed E-state index contributed by atoms with van der Waals surface area (Å²) in [6.07, 6.45) is 1.83. The fourth-order valence-corrected chi connectivity index (χ4v) is 3.37. The first-order valence-electron chi connectivity index (χ1n) is 6.31. The summed E-state index contributed by atoms with van der Waals surface area (Å²) >= 11 is 0. The molecule has 0 amide bonds. The number of hydrogen-bond acceptors (Lipinski definition) is 6. The van der Waals surface area contributed by atoms with E-state index in [1.54, 1.807) is 7.11 Å². The molecule has 4 N–H and O–H groups in total. The van der Waals surface area contributed by atoms with Crippen LogP contribution in [0.25, 0.3) is 0 Å². The standard InChI is InChI=1S/C11H27NO5P2/c1-17-5-2-12(3-6-18(8-13)9-14)4-7-19(10-15)11-16/h13-16H,2-11H2,1H3. The molecule has 0 fully saturated rings. The molecule has 0 saturated carbocycles. The van der Waals surface area contributed by atoms with Crippen molar-refractivity contribution >= 4 is 15.8 Å². The fourth-order valence-electron chi connectivity index (χ4n) is 1.49. The maximum absolute atomic E-state index is 9.07. The van der Waals surface area contributed by atoms with Crippen molar-refractivity contribution in [3.63, 3.8) is 0 Å². The van der Waals surface area contributed by atoms with Crippen molar-refractivity contribution < 1.29 is 25.2 Å². The Morgan fingerprint density at radius 2 is 1.21 bits per heavy atom. The quantitative estimate of drug-likeness (QED) is 0.349. The summed E-state index contributed by atoms with van der Waals surface area (Å²) in [6, 6.07) is 0. The molecule has 0 aromatic rings. The second-order valence-electron chi connectivity index (χ2n) is 4.19. The predicted molar refractivity (Wildman–Crippen MR) is 80.2 cm³/mol. The molecule has 0 bridgehead atoms. The van der Waals surface area contributed by atoms with E-state index in [0.717, 1.165) is 32.0 Å². The smallest absolute Gasteiger partial charge is 0.0647 e. The van der Waals surface area contributed by atoms with Crippen LogP contribution in [0.2, 0.25) is 0 Å². The minimum absolute atomic E-state index is 0.0595. The third kappa shape index (κ3) is 10.1. The van der Waals surface area contributed by atoms with Gasteiger partial charge in [0.25, 0.3) is 0 Å². The number of ether oxygens (including phenoxy) is 1. The Kier molecular flexibility index (Phi) is 14.0. The van der Waals surface area contributed by atoms with Crippen LogP contribution in [0.5, 0.6) is 0 Å². The van der Waals surface area contributed by atoms with Crippen LogP contribution >= 0.6 is 15.8 Å². The molecule has 0 aliphatic rings. The van der Waals surface area contributed by atoms with E-state index in [1.807, 2.05) is 0 Å². The predicted octanol–water partition coefficient (Wildman–Crippen LogP) is -0.302. The van der Waals surface area contributed by atoms with Gasteiger partial charge in [-0.2, -0.15) is 0 Å². The Balaban J connectivity index is 4.06. The van der Waals surface area contributed by atoms with E-state index in [1.165, 1.54) is 0 Å². The van der Waals surface area contributed by atoms with Gasteiger partial charge in [0.15, 0.2) is 0 Å². The molecule has 0 atom stereocenters. The van der Waals surface area contributed by atoms with Crippen molar-refractivity contribution in [2.24, 2.45) is 0 Å². The van der Waals surface area contributed by atoms with Crippen LogP contribution in [-0.4, -0.2) is 96.4 Å². The van der Waals surface area contributed by atoms with Gasteiger partial charge in [0.2, 0.25) is 0 Å². The van der Waals surface area contributed by atoms with Crippen LogP contribution in [0.3, 0.4) is 0 Å². The Bertz CT molecular complexity index is 178. The zero-order chi connectivity index (χ0) is 14.5. The molecule has 8 heteroatoms. The highest BCUT2D eigenvalue weighted by Crippen LogP contribution is 2.33. The van der Waals surface area contributed by atoms with E-state index in [2.05, 4.69) is 4.90 Å². The second-order valence-corrected chi connectivity index (χ2v) is 8.90. The van der Waals surface area contributed by atoms with Gasteiger partial charge in [-0.3, -0.25) is 0 Å². The van der Waals surface area contributed by atoms with Crippen molar-refractivity contribution in [1.82, 2.24) is 4.90 Å². The molecule has 19 heavy (non-hydrogen) atoms. The monoisotopic (exact) mass is 315 g/mol. The number of nitrogens with zero attached hydrogens (tertiary/aromatic N) is 1. The molecule has 0 radical (unpaired) electrons. The number of hydrogen-bond donors (Lipinski definition) is 4. The number of aliphatic hydroxyl groups is 4. The van der Waals surface area contributed by atoms with Crippen LogP contribution in [-0.2, 0) is 4.74 Å². The summed E-state index contributed by atoms with van der Waals surface area (Å²) in [7, 11) is 0.250. The highest BCUT2D eigenvalue weighted by Gasteiger charge is 2.12. The molecule has 0 rings (SSSR count). The first-order chi connectivity index (χ1) is 9.21. The van der Waals surface area contributed by atoms with Crippen molar-refractivity contribution in [2.45, 2.75) is 0 Å².